The molecule has 1 saturated heterocycles. The molecule has 0 aliphatic carbocycles. The summed E-state index contributed by atoms with van der Waals surface area (Å²) >= 11 is 9.38. The van der Waals surface area contributed by atoms with Gasteiger partial charge in [0.15, 0.2) is 0 Å². The number of carbonyl (C=O) groups excluding carboxylic acids is 2. The molecule has 0 bridgehead atoms. The molecule has 0 spiro atoms. The molecule has 6 heteroatoms. The van der Waals surface area contributed by atoms with Crippen LogP contribution in [0.2, 0.25) is 5.02 Å². The second kappa shape index (κ2) is 6.36. The molecular weight excluding hydrogens is 356 g/mol. The van der Waals surface area contributed by atoms with Gasteiger partial charge in [-0.25, -0.2) is 0 Å². The number of hydrogen-bond donors (Lipinski definition) is 1. The Hall–Kier alpha value is -1.07. The first-order chi connectivity index (χ1) is 9.93. The lowest BCUT2D eigenvalue weighted by atomic mass is 9.91. The van der Waals surface area contributed by atoms with Crippen LogP contribution in [0.5, 0.6) is 0 Å². The molecule has 1 aliphatic heterocycles. The molecule has 2 rings (SSSR count). The largest absolute Gasteiger partial charge is 0.342 e. The van der Waals surface area contributed by atoms with Crippen molar-refractivity contribution in [1.29, 1.82) is 0 Å². The number of rotatable bonds is 3. The molecule has 2 amide bonds. The van der Waals surface area contributed by atoms with E-state index in [-0.39, 0.29) is 11.8 Å². The van der Waals surface area contributed by atoms with Gasteiger partial charge in [-0.15, -0.1) is 0 Å². The number of carbonyl (C=O) groups is 2. The Morgan fingerprint density at radius 2 is 2.00 bits per heavy atom. The van der Waals surface area contributed by atoms with Gasteiger partial charge in [-0.1, -0.05) is 25.4 Å². The average Bonchev–Trinajstić information content (AvgIpc) is 2.60. The molecule has 1 heterocycles. The fourth-order valence-electron chi connectivity index (χ4n) is 2.58. The summed E-state index contributed by atoms with van der Waals surface area (Å²) in [6, 6.07) is 5.36. The lowest BCUT2D eigenvalue weighted by Crippen LogP contribution is -2.56. The molecule has 0 saturated carbocycles. The first-order valence-corrected chi connectivity index (χ1v) is 8.18. The van der Waals surface area contributed by atoms with Crippen LogP contribution in [0.4, 0.5) is 5.69 Å². The van der Waals surface area contributed by atoms with Gasteiger partial charge in [-0.05, 0) is 47.0 Å². The van der Waals surface area contributed by atoms with Crippen LogP contribution >= 0.6 is 27.5 Å². The van der Waals surface area contributed by atoms with Crippen molar-refractivity contribution < 1.29 is 9.59 Å². The average molecular weight is 374 g/mol. The summed E-state index contributed by atoms with van der Waals surface area (Å²) in [4.78, 5) is 26.5. The number of nitrogens with one attached hydrogen (secondary N) is 1. The minimum atomic E-state index is -0.820. The van der Waals surface area contributed by atoms with Crippen LogP contribution in [0.15, 0.2) is 22.7 Å². The maximum Gasteiger partial charge on any atom is 0.252 e. The fraction of sp³-hybridized carbons (Fsp3) is 0.467. The van der Waals surface area contributed by atoms with Gasteiger partial charge < -0.3 is 10.2 Å². The van der Waals surface area contributed by atoms with Crippen molar-refractivity contribution in [1.82, 2.24) is 5.32 Å². The highest BCUT2D eigenvalue weighted by Gasteiger charge is 2.42. The zero-order valence-corrected chi connectivity index (χ0v) is 14.4. The van der Waals surface area contributed by atoms with Gasteiger partial charge in [0.2, 0.25) is 5.91 Å². The molecule has 0 atom stereocenters. The number of anilines is 1. The maximum atomic E-state index is 12.9. The summed E-state index contributed by atoms with van der Waals surface area (Å²) < 4.78 is 0.733. The van der Waals surface area contributed by atoms with Gasteiger partial charge in [0.25, 0.3) is 5.91 Å². The van der Waals surface area contributed by atoms with E-state index in [9.17, 15) is 9.59 Å². The van der Waals surface area contributed by atoms with Crippen molar-refractivity contribution in [2.75, 3.05) is 11.4 Å². The number of amides is 2. The number of hydrogen-bond acceptors (Lipinski definition) is 2. The van der Waals surface area contributed by atoms with Crippen LogP contribution in [0.3, 0.4) is 0 Å². The van der Waals surface area contributed by atoms with Crippen molar-refractivity contribution in [3.8, 4) is 0 Å². The monoisotopic (exact) mass is 372 g/mol. The van der Waals surface area contributed by atoms with E-state index in [0.29, 0.717) is 30.8 Å². The lowest BCUT2D eigenvalue weighted by Gasteiger charge is -2.33. The molecule has 0 radical (unpaired) electrons. The lowest BCUT2D eigenvalue weighted by molar-refractivity contribution is -0.130. The Bertz CT molecular complexity index is 573. The van der Waals surface area contributed by atoms with Crippen LogP contribution < -0.4 is 10.2 Å². The quantitative estimate of drug-likeness (QED) is 0.881. The first kappa shape index (κ1) is 16.3. The van der Waals surface area contributed by atoms with Gasteiger partial charge in [0, 0.05) is 23.1 Å². The van der Waals surface area contributed by atoms with E-state index in [1.54, 1.807) is 17.0 Å². The number of halogens is 2. The molecule has 0 unspecified atom stereocenters. The Kier molecular flexibility index (Phi) is 4.94. The fourth-order valence-corrected chi connectivity index (χ4v) is 3.07. The van der Waals surface area contributed by atoms with Crippen LogP contribution in [0.1, 0.15) is 33.1 Å². The second-order valence-corrected chi connectivity index (χ2v) is 6.40. The zero-order chi connectivity index (χ0) is 15.6. The molecule has 1 fully saturated rings. The molecular formula is C15H18BrClN2O2. The highest BCUT2D eigenvalue weighted by Crippen LogP contribution is 2.31. The topological polar surface area (TPSA) is 49.4 Å². The molecule has 1 aromatic rings. The van der Waals surface area contributed by atoms with E-state index in [1.165, 1.54) is 0 Å². The molecule has 114 valence electrons. The van der Waals surface area contributed by atoms with Gasteiger partial charge >= 0.3 is 0 Å². The predicted octanol–water partition coefficient (Wildman–Crippen LogP) is 3.51. The van der Waals surface area contributed by atoms with E-state index >= 15 is 0 Å². The maximum absolute atomic E-state index is 12.9. The van der Waals surface area contributed by atoms with E-state index in [0.717, 1.165) is 10.2 Å². The highest BCUT2D eigenvalue weighted by atomic mass is 79.9. The van der Waals surface area contributed by atoms with Crippen molar-refractivity contribution in [2.45, 2.75) is 38.6 Å². The molecule has 0 aromatic heterocycles. The predicted molar refractivity (Wildman–Crippen MR) is 87.6 cm³/mol. The smallest absolute Gasteiger partial charge is 0.252 e. The normalized spacial score (nSPS) is 18.4. The van der Waals surface area contributed by atoms with Crippen molar-refractivity contribution in [3.05, 3.63) is 27.7 Å². The summed E-state index contributed by atoms with van der Waals surface area (Å²) in [5.41, 5.74) is -0.0706. The third kappa shape index (κ3) is 3.09. The second-order valence-electron chi connectivity index (χ2n) is 5.14. The standard InChI is InChI=1S/C15H18BrClN2O2/c1-3-15(4-2)14(21)19(8-7-13(20)18-15)10-5-6-12(17)11(16)9-10/h5-6,9H,3-4,7-8H2,1-2H3,(H,18,20). The third-order valence-corrected chi connectivity index (χ3v) is 5.23. The SMILES string of the molecule is CCC1(CC)NC(=O)CCN(c2ccc(Cl)c(Br)c2)C1=O. The van der Waals surface area contributed by atoms with Crippen molar-refractivity contribution in [2.24, 2.45) is 0 Å². The minimum Gasteiger partial charge on any atom is -0.342 e. The van der Waals surface area contributed by atoms with Crippen molar-refractivity contribution in [3.63, 3.8) is 0 Å². The van der Waals surface area contributed by atoms with Crippen LogP contribution in [-0.2, 0) is 9.59 Å². The van der Waals surface area contributed by atoms with E-state index in [2.05, 4.69) is 21.2 Å². The molecule has 1 N–H and O–H groups in total. The molecule has 1 aliphatic rings. The Morgan fingerprint density at radius 1 is 1.33 bits per heavy atom. The first-order valence-electron chi connectivity index (χ1n) is 7.01. The highest BCUT2D eigenvalue weighted by molar-refractivity contribution is 9.10. The van der Waals surface area contributed by atoms with Gasteiger partial charge in [-0.2, -0.15) is 0 Å². The van der Waals surface area contributed by atoms with E-state index < -0.39 is 5.54 Å². The van der Waals surface area contributed by atoms with Crippen molar-refractivity contribution >= 4 is 45.0 Å². The summed E-state index contributed by atoms with van der Waals surface area (Å²) in [5.74, 6) is -0.143. The molecule has 21 heavy (non-hydrogen) atoms. The number of benzene rings is 1. The zero-order valence-electron chi connectivity index (χ0n) is 12.1. The van der Waals surface area contributed by atoms with Crippen LogP contribution in [0.25, 0.3) is 0 Å². The van der Waals surface area contributed by atoms with Crippen LogP contribution in [-0.4, -0.2) is 23.9 Å². The summed E-state index contributed by atoms with van der Waals surface area (Å²) in [6.07, 6.45) is 1.44. The number of nitrogens with zero attached hydrogens (tertiary/aromatic N) is 1. The molecule has 1 aromatic carbocycles. The Labute approximate surface area is 138 Å². The van der Waals surface area contributed by atoms with E-state index in [1.807, 2.05) is 19.9 Å². The van der Waals surface area contributed by atoms with Crippen LogP contribution in [0, 0.1) is 0 Å². The Balaban J connectivity index is 2.44. The molecule has 4 nitrogen and oxygen atoms in total. The minimum absolute atomic E-state index is 0.0624. The van der Waals surface area contributed by atoms with Gasteiger partial charge in [0.05, 0.1) is 5.02 Å². The summed E-state index contributed by atoms with van der Waals surface area (Å²) in [6.45, 7) is 4.21. The third-order valence-electron chi connectivity index (χ3n) is 4.02. The summed E-state index contributed by atoms with van der Waals surface area (Å²) in [5, 5.41) is 3.49. The summed E-state index contributed by atoms with van der Waals surface area (Å²) in [7, 11) is 0. The Morgan fingerprint density at radius 3 is 2.57 bits per heavy atom. The van der Waals surface area contributed by atoms with Gasteiger partial charge in [-0.3, -0.25) is 9.59 Å². The van der Waals surface area contributed by atoms with Gasteiger partial charge in [0.1, 0.15) is 5.54 Å². The van der Waals surface area contributed by atoms with E-state index in [4.69, 9.17) is 11.6 Å².